The summed E-state index contributed by atoms with van der Waals surface area (Å²) in [5.74, 6) is 0. The Morgan fingerprint density at radius 2 is 0.772 bits per heavy atom. The van der Waals surface area contributed by atoms with Crippen molar-refractivity contribution < 1.29 is 44.8 Å². The first-order valence-corrected chi connectivity index (χ1v) is 29.9. The van der Waals surface area contributed by atoms with Gasteiger partial charge in [-0.25, -0.2) is 0 Å². The molecule has 4 aliphatic rings. The number of fused-ring (bicyclic) bond motifs is 3. The maximum atomic E-state index is 2.67. The first-order chi connectivity index (χ1) is 25.6. The molecule has 3 heteroatoms. The zero-order valence-electron chi connectivity index (χ0n) is 37.5. The molecule has 4 aromatic carbocycles. The average Bonchev–Trinajstić information content (AvgIpc) is 3.40. The minimum absolute atomic E-state index is 0. The Labute approximate surface area is 364 Å². The third-order valence-corrected chi connectivity index (χ3v) is 40.0. The van der Waals surface area contributed by atoms with E-state index in [1.54, 1.807) is 22.3 Å². The van der Waals surface area contributed by atoms with Gasteiger partial charge in [0.25, 0.3) is 0 Å². The third kappa shape index (κ3) is 7.50. The van der Waals surface area contributed by atoms with Crippen LogP contribution in [0, 0.1) is 0 Å². The number of allylic oxidation sites excluding steroid dienone is 2. The number of rotatable bonds is 4. The van der Waals surface area contributed by atoms with E-state index in [4.69, 9.17) is 0 Å². The number of benzene rings is 4. The Kier molecular flexibility index (Phi) is 11.7. The van der Waals surface area contributed by atoms with Crippen molar-refractivity contribution in [3.8, 4) is 22.3 Å². The van der Waals surface area contributed by atoms with Crippen molar-refractivity contribution >= 4 is 12.2 Å². The van der Waals surface area contributed by atoms with Gasteiger partial charge in [-0.15, -0.1) is 0 Å². The molecule has 1 aliphatic heterocycles. The molecule has 0 radical (unpaired) electrons. The van der Waals surface area contributed by atoms with Gasteiger partial charge in [-0.1, -0.05) is 0 Å². The molecule has 1 saturated carbocycles. The summed E-state index contributed by atoms with van der Waals surface area (Å²) in [7, 11) is 0. The van der Waals surface area contributed by atoms with Crippen LogP contribution in [0.25, 0.3) is 34.4 Å². The van der Waals surface area contributed by atoms with Gasteiger partial charge in [0.05, 0.1) is 0 Å². The molecule has 302 valence electrons. The van der Waals surface area contributed by atoms with E-state index in [0.717, 1.165) is 7.35 Å². The van der Waals surface area contributed by atoms with Crippen molar-refractivity contribution in [2.75, 3.05) is 0 Å². The van der Waals surface area contributed by atoms with E-state index < -0.39 is 20.0 Å². The molecule has 3 aliphatic carbocycles. The number of hydrogen-bond donors (Lipinski definition) is 0. The van der Waals surface area contributed by atoms with Gasteiger partial charge in [0.15, 0.2) is 0 Å². The third-order valence-electron chi connectivity index (χ3n) is 14.4. The largest absolute Gasteiger partial charge is 1.00 e. The molecular formula is C54H68Cl2Hf. The molecule has 0 N–H and O–H groups in total. The summed E-state index contributed by atoms with van der Waals surface area (Å²) in [5.41, 5.74) is 21.6. The standard InChI is InChI=1S/2C24H29.C6H10.2ClH.Hf/c2*1-16-11-17-9-8-10-21(22(17)12-16)18-13-19(23(2,3)4)15-20(14-18)24(5,6)7;1-2-4-6-5-3-1;;;/h2*8-15H,1-7H3;1-2H,3-6H2;2*1H;/q;;;;;+2/p-2. The normalized spacial score (nSPS) is 22.9. The molecule has 4 atom stereocenters. The van der Waals surface area contributed by atoms with Crippen LogP contribution < -0.4 is 24.8 Å². The van der Waals surface area contributed by atoms with Crippen LogP contribution in [0.5, 0.6) is 0 Å². The van der Waals surface area contributed by atoms with Crippen LogP contribution in [0.15, 0.2) is 83.9 Å². The molecule has 0 nitrogen and oxygen atoms in total. The number of hydrogen-bond acceptors (Lipinski definition) is 0. The molecule has 57 heavy (non-hydrogen) atoms. The maximum absolute atomic E-state index is 3.26. The van der Waals surface area contributed by atoms with Crippen LogP contribution in [0.3, 0.4) is 0 Å². The molecule has 0 bridgehead atoms. The zero-order chi connectivity index (χ0) is 39.6. The van der Waals surface area contributed by atoms with Crippen LogP contribution in [0.2, 0.25) is 7.35 Å². The first kappa shape index (κ1) is 44.4. The zero-order valence-corrected chi connectivity index (χ0v) is 42.6. The Hall–Kier alpha value is -2.19. The minimum Gasteiger partial charge on any atom is -1.00 e. The summed E-state index contributed by atoms with van der Waals surface area (Å²) in [6, 6.07) is 29.8. The summed E-state index contributed by atoms with van der Waals surface area (Å²) < 4.78 is 3.28. The maximum Gasteiger partial charge on any atom is -1.00 e. The van der Waals surface area contributed by atoms with Gasteiger partial charge in [0.2, 0.25) is 0 Å². The van der Waals surface area contributed by atoms with E-state index in [-0.39, 0.29) is 46.5 Å². The molecule has 4 unspecified atom stereocenters. The second-order valence-corrected chi connectivity index (χ2v) is 39.0. The smallest absolute Gasteiger partial charge is 1.00 e. The summed E-state index contributed by atoms with van der Waals surface area (Å²) in [4.78, 5) is 0. The Balaban J connectivity index is 0.00000275. The topological polar surface area (TPSA) is 0 Å². The molecule has 4 aromatic rings. The Bertz CT molecular complexity index is 2030. The molecule has 0 spiro atoms. The van der Waals surface area contributed by atoms with Crippen molar-refractivity contribution in [2.24, 2.45) is 0 Å². The molecule has 0 aromatic heterocycles. The summed E-state index contributed by atoms with van der Waals surface area (Å²) in [6.07, 6.45) is 11.1. The molecular weight excluding hydrogens is 898 g/mol. The number of halogens is 2. The molecule has 1 heterocycles. The van der Waals surface area contributed by atoms with E-state index >= 15 is 0 Å². The SMILES string of the molecule is CC1=Cc2c(-c3cc(C(C)(C)C)cc(C(C)(C)C)c3)cccc2[CH]1[Hf+2]1([CH]2C(C)=Cc3c(-c4cc(C(C)(C)C)cc(C(C)(C)C)c4)cccc32)[CH]2CCCC[CH]21.[Cl-].[Cl-]. The fourth-order valence-corrected chi connectivity index (χ4v) is 46.9. The van der Waals surface area contributed by atoms with E-state index in [1.165, 1.54) is 81.3 Å². The summed E-state index contributed by atoms with van der Waals surface area (Å²) in [6.45, 7) is 33.5. The Morgan fingerprint density at radius 3 is 1.07 bits per heavy atom. The van der Waals surface area contributed by atoms with E-state index in [2.05, 4.69) is 182 Å². The average molecular weight is 967 g/mol. The predicted octanol–water partition coefficient (Wildman–Crippen LogP) is 10.2. The fourth-order valence-electron chi connectivity index (χ4n) is 11.5. The van der Waals surface area contributed by atoms with E-state index in [9.17, 15) is 0 Å². The van der Waals surface area contributed by atoms with Crippen LogP contribution in [-0.4, -0.2) is 0 Å². The van der Waals surface area contributed by atoms with Crippen LogP contribution >= 0.6 is 0 Å². The van der Waals surface area contributed by atoms with Gasteiger partial charge < -0.3 is 24.8 Å². The molecule has 1 saturated heterocycles. The van der Waals surface area contributed by atoms with E-state index in [1.807, 2.05) is 0 Å². The van der Waals surface area contributed by atoms with Gasteiger partial charge in [-0.3, -0.25) is 0 Å². The quantitative estimate of drug-likeness (QED) is 0.179. The van der Waals surface area contributed by atoms with Gasteiger partial charge in [0.1, 0.15) is 0 Å². The van der Waals surface area contributed by atoms with Crippen molar-refractivity contribution in [3.05, 3.63) is 128 Å². The second-order valence-electron chi connectivity index (χ2n) is 22.4. The van der Waals surface area contributed by atoms with Crippen molar-refractivity contribution in [2.45, 2.75) is 159 Å². The summed E-state index contributed by atoms with van der Waals surface area (Å²) >= 11 is -3.26. The van der Waals surface area contributed by atoms with Crippen LogP contribution in [0.1, 0.15) is 174 Å². The van der Waals surface area contributed by atoms with Gasteiger partial charge in [-0.2, -0.15) is 0 Å². The van der Waals surface area contributed by atoms with E-state index in [0.29, 0.717) is 7.35 Å². The summed E-state index contributed by atoms with van der Waals surface area (Å²) in [5, 5.41) is 0. The monoisotopic (exact) mass is 966 g/mol. The molecule has 0 amide bonds. The molecule has 8 rings (SSSR count). The minimum atomic E-state index is -3.26. The van der Waals surface area contributed by atoms with Gasteiger partial charge in [0, 0.05) is 0 Å². The van der Waals surface area contributed by atoms with Crippen molar-refractivity contribution in [3.63, 3.8) is 0 Å². The second kappa shape index (κ2) is 15.1. The van der Waals surface area contributed by atoms with Crippen molar-refractivity contribution in [1.29, 1.82) is 0 Å². The fraction of sp³-hybridized carbons (Fsp3) is 0.481. The van der Waals surface area contributed by atoms with Gasteiger partial charge >= 0.3 is 342 Å². The first-order valence-electron chi connectivity index (χ1n) is 21.6. The molecule has 2 fully saturated rings. The van der Waals surface area contributed by atoms with Crippen molar-refractivity contribution in [1.82, 2.24) is 0 Å². The predicted molar refractivity (Wildman–Crippen MR) is 237 cm³/mol. The van der Waals surface area contributed by atoms with Crippen LogP contribution in [0.4, 0.5) is 0 Å². The Morgan fingerprint density at radius 1 is 0.456 bits per heavy atom. The van der Waals surface area contributed by atoms with Gasteiger partial charge in [-0.05, 0) is 0 Å². The van der Waals surface area contributed by atoms with Crippen LogP contribution in [-0.2, 0) is 41.6 Å².